The lowest BCUT2D eigenvalue weighted by Gasteiger charge is -2.25. The first-order chi connectivity index (χ1) is 5.38. The molecule has 68 valence electrons. The van der Waals surface area contributed by atoms with Crippen molar-refractivity contribution in [3.8, 4) is 0 Å². The van der Waals surface area contributed by atoms with Crippen LogP contribution in [0.15, 0.2) is 12.5 Å². The molecule has 0 aliphatic carbocycles. The van der Waals surface area contributed by atoms with E-state index in [2.05, 4.69) is 27.4 Å². The highest BCUT2D eigenvalue weighted by atomic mass is 16.6. The normalized spacial score (nSPS) is 18.4. The molecule has 0 radical (unpaired) electrons. The van der Waals surface area contributed by atoms with E-state index >= 15 is 0 Å². The fourth-order valence-electron chi connectivity index (χ4n) is 1.19. The van der Waals surface area contributed by atoms with E-state index in [0.717, 1.165) is 6.54 Å². The summed E-state index contributed by atoms with van der Waals surface area (Å²) in [5.74, 6) is 0.277. The Bertz CT molecular complexity index is 215. The molecule has 0 unspecified atom stereocenters. The van der Waals surface area contributed by atoms with Crippen molar-refractivity contribution in [2.75, 3.05) is 13.1 Å². The second-order valence-corrected chi connectivity index (χ2v) is 4.28. The maximum absolute atomic E-state index is 10.8. The summed E-state index contributed by atoms with van der Waals surface area (Å²) in [4.78, 5) is 12.7. The molecule has 0 N–H and O–H groups in total. The van der Waals surface area contributed by atoms with Crippen molar-refractivity contribution in [1.29, 1.82) is 0 Å². The van der Waals surface area contributed by atoms with E-state index < -0.39 is 0 Å². The molecule has 1 fully saturated rings. The average molecular weight is 169 g/mol. The van der Waals surface area contributed by atoms with Gasteiger partial charge in [-0.3, -0.25) is 0 Å². The number of hydrogen-bond acceptors (Lipinski definition) is 3. The Morgan fingerprint density at radius 1 is 1.58 bits per heavy atom. The number of carbonyl (C=O) groups excluding carboxylic acids is 1. The highest BCUT2D eigenvalue weighted by Gasteiger charge is 2.27. The van der Waals surface area contributed by atoms with Gasteiger partial charge in [0.05, 0.1) is 0 Å². The second kappa shape index (κ2) is 2.81. The number of carbonyl (C=O) groups is 1. The molecule has 0 aromatic heterocycles. The van der Waals surface area contributed by atoms with E-state index in [1.165, 1.54) is 0 Å². The molecule has 1 heterocycles. The fraction of sp³-hybridized carbons (Fsp3) is 0.667. The molecule has 0 aromatic carbocycles. The third-order valence-electron chi connectivity index (χ3n) is 1.57. The van der Waals surface area contributed by atoms with Crippen molar-refractivity contribution >= 4 is 5.97 Å². The summed E-state index contributed by atoms with van der Waals surface area (Å²) in [6, 6.07) is 0. The molecule has 1 saturated heterocycles. The summed E-state index contributed by atoms with van der Waals surface area (Å²) in [5, 5.41) is 0. The van der Waals surface area contributed by atoms with Gasteiger partial charge in [0.1, 0.15) is 6.54 Å². The monoisotopic (exact) mass is 169 g/mol. The maximum atomic E-state index is 10.8. The van der Waals surface area contributed by atoms with Gasteiger partial charge >= 0.3 is 5.97 Å². The molecule has 3 heteroatoms. The van der Waals surface area contributed by atoms with Crippen LogP contribution < -0.4 is 0 Å². The first-order valence-electron chi connectivity index (χ1n) is 4.03. The SMILES string of the molecule is C=C1OC(=O)CN1CC(C)(C)C. The van der Waals surface area contributed by atoms with E-state index in [-0.39, 0.29) is 11.4 Å². The Morgan fingerprint density at radius 3 is 2.50 bits per heavy atom. The van der Waals surface area contributed by atoms with E-state index in [1.54, 1.807) is 0 Å². The highest BCUT2D eigenvalue weighted by molar-refractivity contribution is 5.75. The van der Waals surface area contributed by atoms with Crippen LogP contribution in [0.1, 0.15) is 20.8 Å². The van der Waals surface area contributed by atoms with Crippen LogP contribution in [0.3, 0.4) is 0 Å². The number of esters is 1. The molecule has 1 aliphatic heterocycles. The summed E-state index contributed by atoms with van der Waals surface area (Å²) in [7, 11) is 0. The standard InChI is InChI=1S/C9H15NO2/c1-7-10(5-8(11)12-7)6-9(2,3)4/h1,5-6H2,2-4H3. The van der Waals surface area contributed by atoms with Crippen molar-refractivity contribution < 1.29 is 9.53 Å². The molecule has 0 spiro atoms. The third-order valence-corrected chi connectivity index (χ3v) is 1.57. The van der Waals surface area contributed by atoms with E-state index in [9.17, 15) is 4.79 Å². The predicted octanol–water partition coefficient (Wildman–Crippen LogP) is 1.36. The smallest absolute Gasteiger partial charge is 0.332 e. The zero-order valence-electron chi connectivity index (χ0n) is 7.89. The lowest BCUT2D eigenvalue weighted by atomic mass is 9.96. The van der Waals surface area contributed by atoms with E-state index in [0.29, 0.717) is 12.4 Å². The summed E-state index contributed by atoms with van der Waals surface area (Å²) >= 11 is 0. The van der Waals surface area contributed by atoms with E-state index in [1.807, 2.05) is 4.90 Å². The zero-order chi connectivity index (χ0) is 9.35. The van der Waals surface area contributed by atoms with Gasteiger partial charge in [-0.2, -0.15) is 0 Å². The van der Waals surface area contributed by atoms with Crippen LogP contribution in [0.5, 0.6) is 0 Å². The summed E-state index contributed by atoms with van der Waals surface area (Å²) < 4.78 is 4.81. The first kappa shape index (κ1) is 9.10. The minimum Gasteiger partial charge on any atom is -0.409 e. The van der Waals surface area contributed by atoms with Gasteiger partial charge in [0.2, 0.25) is 0 Å². The Labute approximate surface area is 73.0 Å². The molecular weight excluding hydrogens is 154 g/mol. The topological polar surface area (TPSA) is 29.5 Å². The number of rotatable bonds is 1. The van der Waals surface area contributed by atoms with Crippen molar-refractivity contribution in [2.45, 2.75) is 20.8 Å². The second-order valence-electron chi connectivity index (χ2n) is 4.28. The summed E-state index contributed by atoms with van der Waals surface area (Å²) in [6.07, 6.45) is 0. The number of ether oxygens (including phenoxy) is 1. The molecule has 1 aliphatic rings. The van der Waals surface area contributed by atoms with Gasteiger partial charge in [0, 0.05) is 6.54 Å². The fourth-order valence-corrected chi connectivity index (χ4v) is 1.19. The summed E-state index contributed by atoms with van der Waals surface area (Å²) in [6.45, 7) is 11.1. The van der Waals surface area contributed by atoms with Crippen LogP contribution in [-0.4, -0.2) is 24.0 Å². The van der Waals surface area contributed by atoms with Crippen molar-refractivity contribution in [3.63, 3.8) is 0 Å². The highest BCUT2D eigenvalue weighted by Crippen LogP contribution is 2.21. The van der Waals surface area contributed by atoms with Gasteiger partial charge in [-0.05, 0) is 12.0 Å². The Morgan fingerprint density at radius 2 is 2.17 bits per heavy atom. The minimum absolute atomic E-state index is 0.164. The van der Waals surface area contributed by atoms with Crippen LogP contribution in [0.4, 0.5) is 0 Å². The lowest BCUT2D eigenvalue weighted by Crippen LogP contribution is -2.29. The predicted molar refractivity (Wildman–Crippen MR) is 46.3 cm³/mol. The molecule has 0 atom stereocenters. The van der Waals surface area contributed by atoms with Crippen LogP contribution in [-0.2, 0) is 9.53 Å². The maximum Gasteiger partial charge on any atom is 0.332 e. The number of hydrogen-bond donors (Lipinski definition) is 0. The van der Waals surface area contributed by atoms with Crippen molar-refractivity contribution in [1.82, 2.24) is 4.90 Å². The largest absolute Gasteiger partial charge is 0.409 e. The molecule has 0 bridgehead atoms. The van der Waals surface area contributed by atoms with Crippen LogP contribution in [0.2, 0.25) is 0 Å². The van der Waals surface area contributed by atoms with Gasteiger partial charge in [-0.25, -0.2) is 4.79 Å². The van der Waals surface area contributed by atoms with Crippen molar-refractivity contribution in [2.24, 2.45) is 5.41 Å². The average Bonchev–Trinajstić information content (AvgIpc) is 2.06. The molecule has 3 nitrogen and oxygen atoms in total. The van der Waals surface area contributed by atoms with Crippen LogP contribution >= 0.6 is 0 Å². The minimum atomic E-state index is -0.204. The quantitative estimate of drug-likeness (QED) is 0.555. The van der Waals surface area contributed by atoms with E-state index in [4.69, 9.17) is 4.74 Å². The van der Waals surface area contributed by atoms with Gasteiger partial charge in [-0.15, -0.1) is 0 Å². The Kier molecular flexibility index (Phi) is 2.13. The number of cyclic esters (lactones) is 1. The van der Waals surface area contributed by atoms with Crippen molar-refractivity contribution in [3.05, 3.63) is 12.5 Å². The third kappa shape index (κ3) is 2.26. The van der Waals surface area contributed by atoms with Gasteiger partial charge in [-0.1, -0.05) is 20.8 Å². The lowest BCUT2D eigenvalue weighted by molar-refractivity contribution is -0.134. The van der Waals surface area contributed by atoms with Crippen LogP contribution in [0, 0.1) is 5.41 Å². The number of nitrogens with zero attached hydrogens (tertiary/aromatic N) is 1. The van der Waals surface area contributed by atoms with Gasteiger partial charge in [0.15, 0.2) is 5.88 Å². The zero-order valence-corrected chi connectivity index (χ0v) is 7.89. The first-order valence-corrected chi connectivity index (χ1v) is 4.03. The molecular formula is C9H15NO2. The molecule has 12 heavy (non-hydrogen) atoms. The Hall–Kier alpha value is -0.990. The van der Waals surface area contributed by atoms with Crippen LogP contribution in [0.25, 0.3) is 0 Å². The molecule has 0 amide bonds. The molecule has 0 saturated carbocycles. The summed E-state index contributed by atoms with van der Waals surface area (Å²) in [5.41, 5.74) is 0.164. The molecule has 0 aromatic rings. The molecule has 1 rings (SSSR count). The Balaban J connectivity index is 2.54. The van der Waals surface area contributed by atoms with Gasteiger partial charge in [0.25, 0.3) is 0 Å². The van der Waals surface area contributed by atoms with Gasteiger partial charge < -0.3 is 9.64 Å².